The summed E-state index contributed by atoms with van der Waals surface area (Å²) >= 11 is 3.98. The van der Waals surface area contributed by atoms with Crippen molar-refractivity contribution in [3.8, 4) is 5.75 Å². The molecule has 2 unspecified atom stereocenters. The molecule has 4 heteroatoms. The van der Waals surface area contributed by atoms with E-state index in [-0.39, 0.29) is 15.6 Å². The first kappa shape index (κ1) is 15.5. The van der Waals surface area contributed by atoms with E-state index in [0.717, 1.165) is 36.3 Å². The molecule has 0 aromatic heterocycles. The number of rotatable bonds is 3. The molecule has 124 valence electrons. The summed E-state index contributed by atoms with van der Waals surface area (Å²) in [5, 5.41) is 3.19. The van der Waals surface area contributed by atoms with Crippen LogP contribution in [0.25, 0.3) is 0 Å². The minimum absolute atomic E-state index is 0.192. The van der Waals surface area contributed by atoms with E-state index >= 15 is 0 Å². The van der Waals surface area contributed by atoms with Crippen LogP contribution in [0.2, 0.25) is 0 Å². The van der Waals surface area contributed by atoms with Gasteiger partial charge in [-0.2, -0.15) is 0 Å². The maximum absolute atomic E-state index is 13.2. The number of benzene rings is 1. The molecule has 1 amide bonds. The first-order valence-electron chi connectivity index (χ1n) is 8.56. The van der Waals surface area contributed by atoms with Gasteiger partial charge in [-0.3, -0.25) is 4.79 Å². The monoisotopic (exact) mass is 377 g/mol. The Hall–Kier alpha value is -1.03. The Balaban J connectivity index is 1.61. The first-order chi connectivity index (χ1) is 10.9. The molecule has 0 radical (unpaired) electrons. The highest BCUT2D eigenvalue weighted by molar-refractivity contribution is 9.10. The molecular formula is C19H24BrNO2. The predicted molar refractivity (Wildman–Crippen MR) is 95.1 cm³/mol. The smallest absolute Gasteiger partial charge is 0.230 e. The van der Waals surface area contributed by atoms with Crippen molar-refractivity contribution in [1.82, 2.24) is 0 Å². The molecule has 0 heterocycles. The van der Waals surface area contributed by atoms with Crippen LogP contribution in [0, 0.1) is 24.2 Å². The van der Waals surface area contributed by atoms with E-state index < -0.39 is 0 Å². The van der Waals surface area contributed by atoms with Crippen molar-refractivity contribution in [3.63, 3.8) is 0 Å². The van der Waals surface area contributed by atoms with Gasteiger partial charge >= 0.3 is 0 Å². The van der Waals surface area contributed by atoms with Gasteiger partial charge < -0.3 is 10.1 Å². The van der Waals surface area contributed by atoms with Gasteiger partial charge in [0.2, 0.25) is 5.91 Å². The summed E-state index contributed by atoms with van der Waals surface area (Å²) in [4.78, 5) is 13.2. The number of ether oxygens (including phenoxy) is 1. The summed E-state index contributed by atoms with van der Waals surface area (Å²) in [6.45, 7) is 2.04. The molecule has 23 heavy (non-hydrogen) atoms. The maximum Gasteiger partial charge on any atom is 0.230 e. The van der Waals surface area contributed by atoms with E-state index in [9.17, 15) is 4.79 Å². The third kappa shape index (κ3) is 2.59. The van der Waals surface area contributed by atoms with Crippen LogP contribution in [-0.2, 0) is 4.79 Å². The maximum atomic E-state index is 13.2. The first-order valence-corrected chi connectivity index (χ1v) is 9.36. The quantitative estimate of drug-likeness (QED) is 0.776. The number of nitrogens with one attached hydrogen (secondary N) is 1. The van der Waals surface area contributed by atoms with Crippen LogP contribution in [0.4, 0.5) is 5.69 Å². The van der Waals surface area contributed by atoms with E-state index in [1.807, 2.05) is 25.1 Å². The van der Waals surface area contributed by atoms with Crippen molar-refractivity contribution in [2.24, 2.45) is 17.3 Å². The van der Waals surface area contributed by atoms with Crippen LogP contribution < -0.4 is 10.1 Å². The zero-order valence-electron chi connectivity index (χ0n) is 13.8. The van der Waals surface area contributed by atoms with E-state index in [1.165, 1.54) is 19.3 Å². The number of anilines is 1. The van der Waals surface area contributed by atoms with E-state index in [4.69, 9.17) is 4.74 Å². The van der Waals surface area contributed by atoms with Crippen LogP contribution in [0.15, 0.2) is 18.2 Å². The molecule has 0 spiro atoms. The lowest BCUT2D eigenvalue weighted by Crippen LogP contribution is -2.57. The van der Waals surface area contributed by atoms with Gasteiger partial charge in [0.15, 0.2) is 0 Å². The summed E-state index contributed by atoms with van der Waals surface area (Å²) in [5.74, 6) is 2.35. The average Bonchev–Trinajstić information content (AvgIpc) is 2.45. The van der Waals surface area contributed by atoms with E-state index in [1.54, 1.807) is 7.11 Å². The van der Waals surface area contributed by atoms with Crippen LogP contribution >= 0.6 is 15.9 Å². The fraction of sp³-hybridized carbons (Fsp3) is 0.632. The normalized spacial score (nSPS) is 37.7. The summed E-state index contributed by atoms with van der Waals surface area (Å²) < 4.78 is 5.62. The number of aryl methyl sites for hydroxylation is 1. The van der Waals surface area contributed by atoms with Gasteiger partial charge in [0.05, 0.1) is 18.2 Å². The van der Waals surface area contributed by atoms with Crippen molar-refractivity contribution in [3.05, 3.63) is 23.8 Å². The minimum Gasteiger partial charge on any atom is -0.495 e. The Labute approximate surface area is 146 Å². The second-order valence-corrected chi connectivity index (χ2v) is 9.73. The third-order valence-corrected chi connectivity index (χ3v) is 7.00. The lowest BCUT2D eigenvalue weighted by atomic mass is 9.49. The predicted octanol–water partition coefficient (Wildman–Crippen LogP) is 4.68. The molecule has 3 nitrogen and oxygen atoms in total. The molecule has 5 rings (SSSR count). The SMILES string of the molecule is COc1ccc(C)cc1NC(=O)C12CC3CC(CC(Br)(C3)C1)C2. The molecule has 4 bridgehead atoms. The van der Waals surface area contributed by atoms with Crippen LogP contribution in [-0.4, -0.2) is 17.3 Å². The number of alkyl halides is 1. The Morgan fingerprint density at radius 3 is 2.57 bits per heavy atom. The van der Waals surface area contributed by atoms with Gasteiger partial charge in [0.1, 0.15) is 5.75 Å². The molecule has 4 aliphatic carbocycles. The average molecular weight is 378 g/mol. The van der Waals surface area contributed by atoms with Gasteiger partial charge in [-0.25, -0.2) is 0 Å². The number of halogens is 1. The highest BCUT2D eigenvalue weighted by Gasteiger charge is 2.59. The number of methoxy groups -OCH3 is 1. The number of carbonyl (C=O) groups is 1. The van der Waals surface area contributed by atoms with Crippen LogP contribution in [0.5, 0.6) is 5.75 Å². The molecular weight excluding hydrogens is 354 g/mol. The number of amides is 1. The molecule has 1 aromatic rings. The Morgan fingerprint density at radius 2 is 1.96 bits per heavy atom. The number of hydrogen-bond donors (Lipinski definition) is 1. The molecule has 4 saturated carbocycles. The van der Waals surface area contributed by atoms with Crippen molar-refractivity contribution >= 4 is 27.5 Å². The summed E-state index contributed by atoms with van der Waals surface area (Å²) in [6, 6.07) is 5.93. The Morgan fingerprint density at radius 1 is 1.26 bits per heavy atom. The van der Waals surface area contributed by atoms with Crippen LogP contribution in [0.3, 0.4) is 0 Å². The van der Waals surface area contributed by atoms with Gasteiger partial charge in [-0.1, -0.05) is 22.0 Å². The third-order valence-electron chi connectivity index (χ3n) is 6.07. The zero-order chi connectivity index (χ0) is 16.2. The lowest BCUT2D eigenvalue weighted by Gasteiger charge is -2.59. The molecule has 1 aromatic carbocycles. The number of hydrogen-bond acceptors (Lipinski definition) is 2. The Bertz CT molecular complexity index is 643. The van der Waals surface area contributed by atoms with Crippen molar-refractivity contribution in [2.75, 3.05) is 12.4 Å². The zero-order valence-corrected chi connectivity index (χ0v) is 15.4. The largest absolute Gasteiger partial charge is 0.495 e. The molecule has 1 N–H and O–H groups in total. The fourth-order valence-corrected chi connectivity index (χ4v) is 7.04. The Kier molecular flexibility index (Phi) is 3.53. The van der Waals surface area contributed by atoms with Gasteiger partial charge in [0.25, 0.3) is 0 Å². The lowest BCUT2D eigenvalue weighted by molar-refractivity contribution is -0.138. The molecule has 2 atom stereocenters. The molecule has 4 fully saturated rings. The van der Waals surface area contributed by atoms with E-state index in [2.05, 4.69) is 21.2 Å². The minimum atomic E-state index is -0.192. The van der Waals surface area contributed by atoms with Gasteiger partial charge in [-0.05, 0) is 75.0 Å². The summed E-state index contributed by atoms with van der Waals surface area (Å²) in [6.07, 6.45) is 6.88. The summed E-state index contributed by atoms with van der Waals surface area (Å²) in [7, 11) is 1.65. The molecule has 0 saturated heterocycles. The van der Waals surface area contributed by atoms with Crippen molar-refractivity contribution in [1.29, 1.82) is 0 Å². The standard InChI is InChI=1S/C19H24BrNO2/c1-12-3-4-16(23-2)15(5-12)21-17(22)18-7-13-6-14(8-18)10-19(20,9-13)11-18/h3-5,13-14H,6-11H2,1-2H3,(H,21,22). The van der Waals surface area contributed by atoms with E-state index in [0.29, 0.717) is 11.8 Å². The van der Waals surface area contributed by atoms with Crippen molar-refractivity contribution < 1.29 is 9.53 Å². The van der Waals surface area contributed by atoms with Crippen molar-refractivity contribution in [2.45, 2.75) is 49.8 Å². The molecule has 0 aliphatic heterocycles. The topological polar surface area (TPSA) is 38.3 Å². The number of carbonyl (C=O) groups excluding carboxylic acids is 1. The fourth-order valence-electron chi connectivity index (χ4n) is 5.59. The highest BCUT2D eigenvalue weighted by atomic mass is 79.9. The second kappa shape index (κ2) is 5.23. The van der Waals surface area contributed by atoms with Crippen LogP contribution in [0.1, 0.15) is 44.1 Å². The van der Waals surface area contributed by atoms with Gasteiger partial charge in [0, 0.05) is 4.32 Å². The highest BCUT2D eigenvalue weighted by Crippen LogP contribution is 2.64. The summed E-state index contributed by atoms with van der Waals surface area (Å²) in [5.41, 5.74) is 1.74. The molecule has 4 aliphatic rings. The van der Waals surface area contributed by atoms with Gasteiger partial charge in [-0.15, -0.1) is 0 Å². The second-order valence-electron chi connectivity index (χ2n) is 8.05.